The highest BCUT2D eigenvalue weighted by atomic mass is 16.5. The van der Waals surface area contributed by atoms with E-state index in [0.29, 0.717) is 12.6 Å². The molecule has 2 atom stereocenters. The Labute approximate surface area is 101 Å². The number of nitrogens with zero attached hydrogens (tertiary/aromatic N) is 5. The van der Waals surface area contributed by atoms with Gasteiger partial charge in [-0.15, -0.1) is 5.10 Å². The highest BCUT2D eigenvalue weighted by molar-refractivity contribution is 4.90. The van der Waals surface area contributed by atoms with Crippen LogP contribution in [0.5, 0.6) is 0 Å². The lowest BCUT2D eigenvalue weighted by Gasteiger charge is -2.22. The largest absolute Gasteiger partial charge is 0.383 e. The van der Waals surface area contributed by atoms with E-state index in [1.807, 2.05) is 7.05 Å². The van der Waals surface area contributed by atoms with Gasteiger partial charge in [0.05, 0.1) is 19.3 Å². The summed E-state index contributed by atoms with van der Waals surface area (Å²) in [4.78, 5) is 2.31. The van der Waals surface area contributed by atoms with Crippen LogP contribution in [0.25, 0.3) is 0 Å². The molecule has 2 rings (SSSR count). The maximum Gasteiger partial charge on any atom is 0.165 e. The molecule has 0 saturated carbocycles. The van der Waals surface area contributed by atoms with Gasteiger partial charge < -0.3 is 9.47 Å². The Morgan fingerprint density at radius 2 is 2.24 bits per heavy atom. The second-order valence-corrected chi connectivity index (χ2v) is 4.35. The number of methoxy groups -OCH3 is 2. The van der Waals surface area contributed by atoms with Crippen molar-refractivity contribution in [3.8, 4) is 0 Å². The average molecular weight is 241 g/mol. The van der Waals surface area contributed by atoms with Gasteiger partial charge in [-0.05, 0) is 16.8 Å². The van der Waals surface area contributed by atoms with Crippen molar-refractivity contribution < 1.29 is 9.47 Å². The normalized spacial score (nSPS) is 25.6. The number of ether oxygens (including phenoxy) is 2. The number of aryl methyl sites for hydroxylation is 1. The zero-order valence-corrected chi connectivity index (χ0v) is 10.5. The fourth-order valence-corrected chi connectivity index (χ4v) is 2.23. The number of hydrogen-bond donors (Lipinski definition) is 0. The molecule has 7 heteroatoms. The van der Waals surface area contributed by atoms with Crippen molar-refractivity contribution in [1.29, 1.82) is 0 Å². The second kappa shape index (κ2) is 5.52. The highest BCUT2D eigenvalue weighted by Crippen LogP contribution is 2.21. The van der Waals surface area contributed by atoms with Gasteiger partial charge in [-0.2, -0.15) is 0 Å². The van der Waals surface area contributed by atoms with E-state index in [1.165, 1.54) is 0 Å². The Morgan fingerprint density at radius 1 is 1.41 bits per heavy atom. The van der Waals surface area contributed by atoms with Crippen LogP contribution in [0.1, 0.15) is 12.2 Å². The molecule has 1 aliphatic rings. The fourth-order valence-electron chi connectivity index (χ4n) is 2.23. The van der Waals surface area contributed by atoms with Gasteiger partial charge in [-0.3, -0.25) is 4.90 Å². The molecule has 96 valence electrons. The van der Waals surface area contributed by atoms with Crippen molar-refractivity contribution in [3.63, 3.8) is 0 Å². The topological polar surface area (TPSA) is 65.3 Å². The molecule has 0 radical (unpaired) electrons. The lowest BCUT2D eigenvalue weighted by molar-refractivity contribution is 0.104. The van der Waals surface area contributed by atoms with Crippen LogP contribution in [0.2, 0.25) is 0 Å². The minimum atomic E-state index is 0.274. The molecule has 7 nitrogen and oxygen atoms in total. The van der Waals surface area contributed by atoms with Crippen LogP contribution in [0.15, 0.2) is 0 Å². The third kappa shape index (κ3) is 2.80. The molecule has 1 aromatic rings. The standard InChI is InChI=1S/C10H19N5O2/c1-14-10(11-12-13-14)6-15-5-9(17-3)4-8(15)7-16-2/h8-9H,4-7H2,1-3H3/t8-,9+/m0/s1. The van der Waals surface area contributed by atoms with Gasteiger partial charge in [0.1, 0.15) is 0 Å². The summed E-state index contributed by atoms with van der Waals surface area (Å²) >= 11 is 0. The molecule has 1 saturated heterocycles. The minimum absolute atomic E-state index is 0.274. The second-order valence-electron chi connectivity index (χ2n) is 4.35. The van der Waals surface area contributed by atoms with Crippen molar-refractivity contribution in [2.75, 3.05) is 27.4 Å². The zero-order chi connectivity index (χ0) is 12.3. The first-order chi connectivity index (χ1) is 8.24. The van der Waals surface area contributed by atoms with E-state index in [9.17, 15) is 0 Å². The van der Waals surface area contributed by atoms with Crippen LogP contribution >= 0.6 is 0 Å². The first kappa shape index (κ1) is 12.4. The van der Waals surface area contributed by atoms with Gasteiger partial charge in [0.2, 0.25) is 0 Å². The zero-order valence-electron chi connectivity index (χ0n) is 10.5. The smallest absolute Gasteiger partial charge is 0.165 e. The van der Waals surface area contributed by atoms with E-state index in [-0.39, 0.29) is 6.10 Å². The van der Waals surface area contributed by atoms with Crippen LogP contribution in [0.3, 0.4) is 0 Å². The third-order valence-corrected chi connectivity index (χ3v) is 3.23. The summed E-state index contributed by atoms with van der Waals surface area (Å²) in [7, 11) is 5.33. The molecule has 2 heterocycles. The number of tetrazole rings is 1. The van der Waals surface area contributed by atoms with Gasteiger partial charge in [-0.1, -0.05) is 0 Å². The molecule has 0 aromatic carbocycles. The predicted octanol–water partition coefficient (Wildman–Crippen LogP) is -0.554. The van der Waals surface area contributed by atoms with E-state index in [4.69, 9.17) is 9.47 Å². The van der Waals surface area contributed by atoms with Crippen molar-refractivity contribution in [3.05, 3.63) is 5.82 Å². The molecule has 0 unspecified atom stereocenters. The maximum atomic E-state index is 5.41. The van der Waals surface area contributed by atoms with Crippen molar-refractivity contribution >= 4 is 0 Å². The van der Waals surface area contributed by atoms with Gasteiger partial charge in [0.15, 0.2) is 5.82 Å². The van der Waals surface area contributed by atoms with Crippen LogP contribution in [0.4, 0.5) is 0 Å². The van der Waals surface area contributed by atoms with E-state index in [2.05, 4.69) is 20.4 Å². The van der Waals surface area contributed by atoms with E-state index in [0.717, 1.165) is 25.3 Å². The lowest BCUT2D eigenvalue weighted by Crippen LogP contribution is -2.33. The number of hydrogen-bond acceptors (Lipinski definition) is 6. The van der Waals surface area contributed by atoms with E-state index >= 15 is 0 Å². The van der Waals surface area contributed by atoms with E-state index in [1.54, 1.807) is 18.9 Å². The Kier molecular flexibility index (Phi) is 4.03. The van der Waals surface area contributed by atoms with Gasteiger partial charge in [0, 0.05) is 33.9 Å². The molecule has 1 fully saturated rings. The van der Waals surface area contributed by atoms with Crippen LogP contribution < -0.4 is 0 Å². The van der Waals surface area contributed by atoms with Crippen LogP contribution in [0, 0.1) is 0 Å². The third-order valence-electron chi connectivity index (χ3n) is 3.23. The molecule has 0 aliphatic carbocycles. The van der Waals surface area contributed by atoms with Gasteiger partial charge >= 0.3 is 0 Å². The first-order valence-electron chi connectivity index (χ1n) is 5.71. The highest BCUT2D eigenvalue weighted by Gasteiger charge is 2.32. The molecular formula is C10H19N5O2. The lowest BCUT2D eigenvalue weighted by atomic mass is 10.2. The van der Waals surface area contributed by atoms with E-state index < -0.39 is 0 Å². The Bertz CT molecular complexity index is 356. The van der Waals surface area contributed by atoms with Crippen molar-refractivity contribution in [2.45, 2.75) is 25.1 Å². The van der Waals surface area contributed by atoms with Crippen LogP contribution in [-0.2, 0) is 23.1 Å². The number of likely N-dealkylation sites (tertiary alicyclic amines) is 1. The summed E-state index contributed by atoms with van der Waals surface area (Å²) in [6, 6.07) is 0.377. The van der Waals surface area contributed by atoms with Crippen LogP contribution in [-0.4, -0.2) is 64.6 Å². The molecule has 1 aromatic heterocycles. The monoisotopic (exact) mass is 241 g/mol. The Morgan fingerprint density at radius 3 is 2.82 bits per heavy atom. The summed E-state index contributed by atoms with van der Waals surface area (Å²) in [6.45, 7) is 2.35. The predicted molar refractivity (Wildman–Crippen MR) is 60.3 cm³/mol. The molecular weight excluding hydrogens is 222 g/mol. The Balaban J connectivity index is 2.00. The van der Waals surface area contributed by atoms with Crippen molar-refractivity contribution in [1.82, 2.24) is 25.1 Å². The molecule has 1 aliphatic heterocycles. The fraction of sp³-hybridized carbons (Fsp3) is 0.900. The molecule has 0 spiro atoms. The SMILES string of the molecule is COC[C@@H]1C[C@@H](OC)CN1Cc1nnnn1C. The number of rotatable bonds is 5. The summed E-state index contributed by atoms with van der Waals surface area (Å²) in [5.41, 5.74) is 0. The quantitative estimate of drug-likeness (QED) is 0.689. The molecule has 0 N–H and O–H groups in total. The summed E-state index contributed by atoms with van der Waals surface area (Å²) in [6.07, 6.45) is 1.27. The summed E-state index contributed by atoms with van der Waals surface area (Å²) in [5, 5.41) is 11.5. The minimum Gasteiger partial charge on any atom is -0.383 e. The molecule has 17 heavy (non-hydrogen) atoms. The first-order valence-corrected chi connectivity index (χ1v) is 5.71. The summed E-state index contributed by atoms with van der Waals surface area (Å²) < 4.78 is 12.4. The molecule has 0 amide bonds. The van der Waals surface area contributed by atoms with Crippen molar-refractivity contribution in [2.24, 2.45) is 7.05 Å². The summed E-state index contributed by atoms with van der Waals surface area (Å²) in [5.74, 6) is 0.864. The molecule has 0 bridgehead atoms. The number of aromatic nitrogens is 4. The van der Waals surface area contributed by atoms with Gasteiger partial charge in [0.25, 0.3) is 0 Å². The average Bonchev–Trinajstić information content (AvgIpc) is 2.88. The van der Waals surface area contributed by atoms with Gasteiger partial charge in [-0.25, -0.2) is 4.68 Å². The maximum absolute atomic E-state index is 5.41. The Hall–Kier alpha value is -1.05.